The minimum Gasteiger partial charge on any atom is -0.403 e. The Morgan fingerprint density at radius 1 is 1.35 bits per heavy atom. The van der Waals surface area contributed by atoms with E-state index in [2.05, 4.69) is 15.5 Å². The van der Waals surface area contributed by atoms with Crippen molar-refractivity contribution in [1.82, 2.24) is 10.2 Å². The average molecular weight is 228 g/mol. The molecule has 0 aliphatic rings. The summed E-state index contributed by atoms with van der Waals surface area (Å²) in [7, 11) is 0. The SMILES string of the molecule is N#CCC(=O)Nc1nnc(-c2ccccc2)o1. The molecule has 0 saturated heterocycles. The molecule has 17 heavy (non-hydrogen) atoms. The van der Waals surface area contributed by atoms with Crippen molar-refractivity contribution in [3.8, 4) is 17.5 Å². The molecule has 84 valence electrons. The van der Waals surface area contributed by atoms with E-state index in [-0.39, 0.29) is 12.4 Å². The molecule has 0 spiro atoms. The van der Waals surface area contributed by atoms with Crippen molar-refractivity contribution in [2.24, 2.45) is 0 Å². The standard InChI is InChI=1S/C11H8N4O2/c12-7-6-9(16)13-11-15-14-10(17-11)8-4-2-1-3-5-8/h1-5H,6H2,(H,13,15,16). The monoisotopic (exact) mass is 228 g/mol. The van der Waals surface area contributed by atoms with Crippen LogP contribution in [0.4, 0.5) is 6.01 Å². The highest BCUT2D eigenvalue weighted by atomic mass is 16.4. The fourth-order valence-electron chi connectivity index (χ4n) is 1.21. The third-order valence-electron chi connectivity index (χ3n) is 1.93. The summed E-state index contributed by atoms with van der Waals surface area (Å²) in [5, 5.41) is 18.1. The number of hydrogen-bond acceptors (Lipinski definition) is 5. The summed E-state index contributed by atoms with van der Waals surface area (Å²) < 4.78 is 5.22. The van der Waals surface area contributed by atoms with Crippen LogP contribution in [0.25, 0.3) is 11.5 Å². The lowest BCUT2D eigenvalue weighted by atomic mass is 10.2. The number of rotatable bonds is 3. The number of nitriles is 1. The van der Waals surface area contributed by atoms with Crippen molar-refractivity contribution in [2.45, 2.75) is 6.42 Å². The van der Waals surface area contributed by atoms with Gasteiger partial charge in [0.1, 0.15) is 6.42 Å². The van der Waals surface area contributed by atoms with E-state index in [0.29, 0.717) is 5.89 Å². The molecule has 0 aliphatic heterocycles. The van der Waals surface area contributed by atoms with Crippen LogP contribution in [0.1, 0.15) is 6.42 Å². The van der Waals surface area contributed by atoms with Crippen LogP contribution in [0.5, 0.6) is 0 Å². The number of amides is 1. The Bertz CT molecular complexity index is 556. The molecule has 1 aromatic carbocycles. The first-order valence-corrected chi connectivity index (χ1v) is 4.85. The van der Waals surface area contributed by atoms with E-state index in [9.17, 15) is 4.79 Å². The lowest BCUT2D eigenvalue weighted by Gasteiger charge is -1.94. The summed E-state index contributed by atoms with van der Waals surface area (Å²) in [5.74, 6) is -0.159. The van der Waals surface area contributed by atoms with Gasteiger partial charge in [0, 0.05) is 5.56 Å². The lowest BCUT2D eigenvalue weighted by molar-refractivity contribution is -0.115. The third-order valence-corrected chi connectivity index (χ3v) is 1.93. The fraction of sp³-hybridized carbons (Fsp3) is 0.0909. The van der Waals surface area contributed by atoms with E-state index in [1.807, 2.05) is 30.3 Å². The van der Waals surface area contributed by atoms with E-state index in [0.717, 1.165) is 5.56 Å². The van der Waals surface area contributed by atoms with Crippen molar-refractivity contribution in [2.75, 3.05) is 5.32 Å². The smallest absolute Gasteiger partial charge is 0.322 e. The summed E-state index contributed by atoms with van der Waals surface area (Å²) in [5.41, 5.74) is 0.765. The summed E-state index contributed by atoms with van der Waals surface area (Å²) in [4.78, 5) is 11.1. The Kier molecular flexibility index (Phi) is 3.12. The molecule has 0 radical (unpaired) electrons. The highest BCUT2D eigenvalue weighted by Gasteiger charge is 2.10. The number of nitrogens with one attached hydrogen (secondary N) is 1. The van der Waals surface area contributed by atoms with Gasteiger partial charge in [0.25, 0.3) is 0 Å². The largest absolute Gasteiger partial charge is 0.403 e. The van der Waals surface area contributed by atoms with Gasteiger partial charge in [-0.15, -0.1) is 5.10 Å². The van der Waals surface area contributed by atoms with Crippen LogP contribution in [-0.4, -0.2) is 16.1 Å². The molecule has 1 aromatic heterocycles. The second-order valence-corrected chi connectivity index (χ2v) is 3.16. The number of carbonyl (C=O) groups excluding carboxylic acids is 1. The minimum atomic E-state index is -0.476. The molecule has 0 saturated carbocycles. The van der Waals surface area contributed by atoms with Crippen LogP contribution in [0.3, 0.4) is 0 Å². The Balaban J connectivity index is 2.12. The van der Waals surface area contributed by atoms with Crippen molar-refractivity contribution in [1.29, 1.82) is 5.26 Å². The van der Waals surface area contributed by atoms with Crippen LogP contribution < -0.4 is 5.32 Å². The zero-order valence-electron chi connectivity index (χ0n) is 8.75. The zero-order valence-corrected chi connectivity index (χ0v) is 8.75. The molecule has 0 unspecified atom stereocenters. The van der Waals surface area contributed by atoms with E-state index in [4.69, 9.17) is 9.68 Å². The molecule has 0 fully saturated rings. The van der Waals surface area contributed by atoms with Gasteiger partial charge in [0.15, 0.2) is 0 Å². The van der Waals surface area contributed by atoms with E-state index in [1.54, 1.807) is 6.07 Å². The average Bonchev–Trinajstić information content (AvgIpc) is 2.79. The van der Waals surface area contributed by atoms with Gasteiger partial charge in [-0.3, -0.25) is 10.1 Å². The maximum absolute atomic E-state index is 11.1. The van der Waals surface area contributed by atoms with E-state index >= 15 is 0 Å². The number of aromatic nitrogens is 2. The molecule has 6 heteroatoms. The summed E-state index contributed by atoms with van der Waals surface area (Å²) >= 11 is 0. The Labute approximate surface area is 96.9 Å². The number of anilines is 1. The van der Waals surface area contributed by atoms with Gasteiger partial charge >= 0.3 is 6.01 Å². The molecule has 0 bridgehead atoms. The molecule has 0 aliphatic carbocycles. The van der Waals surface area contributed by atoms with Crippen LogP contribution in [-0.2, 0) is 4.79 Å². The minimum absolute atomic E-state index is 0.0101. The van der Waals surface area contributed by atoms with Gasteiger partial charge in [0.2, 0.25) is 11.8 Å². The number of carbonyl (C=O) groups is 1. The first-order chi connectivity index (χ1) is 8.29. The summed E-state index contributed by atoms with van der Waals surface area (Å²) in [6.45, 7) is 0. The van der Waals surface area contributed by atoms with Gasteiger partial charge in [0.05, 0.1) is 6.07 Å². The Morgan fingerprint density at radius 3 is 2.82 bits per heavy atom. The maximum Gasteiger partial charge on any atom is 0.322 e. The van der Waals surface area contributed by atoms with Crippen molar-refractivity contribution >= 4 is 11.9 Å². The quantitative estimate of drug-likeness (QED) is 0.861. The highest BCUT2D eigenvalue weighted by Crippen LogP contribution is 2.18. The summed E-state index contributed by atoms with van der Waals surface area (Å²) in [6.07, 6.45) is -0.247. The normalized spacial score (nSPS) is 9.59. The van der Waals surface area contributed by atoms with Gasteiger partial charge in [-0.25, -0.2) is 0 Å². The summed E-state index contributed by atoms with van der Waals surface area (Å²) in [6, 6.07) is 10.9. The number of hydrogen-bond donors (Lipinski definition) is 1. The van der Waals surface area contributed by atoms with Gasteiger partial charge in [-0.1, -0.05) is 23.3 Å². The molecule has 1 N–H and O–H groups in total. The van der Waals surface area contributed by atoms with Crippen LogP contribution in [0.15, 0.2) is 34.7 Å². The first kappa shape index (κ1) is 10.8. The predicted molar refractivity (Wildman–Crippen MR) is 58.6 cm³/mol. The Hall–Kier alpha value is -2.68. The van der Waals surface area contributed by atoms with Gasteiger partial charge in [-0.05, 0) is 12.1 Å². The van der Waals surface area contributed by atoms with Gasteiger partial charge in [-0.2, -0.15) is 5.26 Å². The molecular formula is C11H8N4O2. The highest BCUT2D eigenvalue weighted by molar-refractivity contribution is 5.90. The lowest BCUT2D eigenvalue weighted by Crippen LogP contribution is -2.10. The third kappa shape index (κ3) is 2.66. The fourth-order valence-corrected chi connectivity index (χ4v) is 1.21. The van der Waals surface area contributed by atoms with Gasteiger partial charge < -0.3 is 4.42 Å². The number of nitrogens with zero attached hydrogens (tertiary/aromatic N) is 3. The molecule has 2 rings (SSSR count). The van der Waals surface area contributed by atoms with E-state index < -0.39 is 5.91 Å². The van der Waals surface area contributed by atoms with Crippen molar-refractivity contribution in [3.05, 3.63) is 30.3 Å². The van der Waals surface area contributed by atoms with Crippen molar-refractivity contribution in [3.63, 3.8) is 0 Å². The molecule has 1 heterocycles. The number of benzene rings is 1. The molecule has 1 amide bonds. The van der Waals surface area contributed by atoms with E-state index in [1.165, 1.54) is 0 Å². The van der Waals surface area contributed by atoms with Crippen LogP contribution in [0, 0.1) is 11.3 Å². The first-order valence-electron chi connectivity index (χ1n) is 4.85. The molecule has 2 aromatic rings. The topological polar surface area (TPSA) is 91.8 Å². The Morgan fingerprint density at radius 2 is 2.12 bits per heavy atom. The second kappa shape index (κ2) is 4.90. The second-order valence-electron chi connectivity index (χ2n) is 3.16. The van der Waals surface area contributed by atoms with Crippen molar-refractivity contribution < 1.29 is 9.21 Å². The predicted octanol–water partition coefficient (Wildman–Crippen LogP) is 1.59. The molecule has 0 atom stereocenters. The van der Waals surface area contributed by atoms with Crippen LogP contribution >= 0.6 is 0 Å². The molecular weight excluding hydrogens is 220 g/mol. The maximum atomic E-state index is 11.1. The zero-order chi connectivity index (χ0) is 12.1. The molecule has 6 nitrogen and oxygen atoms in total. The van der Waals surface area contributed by atoms with Crippen LogP contribution in [0.2, 0.25) is 0 Å².